The van der Waals surface area contributed by atoms with E-state index in [1.165, 1.54) is 11.3 Å². The molecule has 0 saturated carbocycles. The van der Waals surface area contributed by atoms with E-state index >= 15 is 0 Å². The van der Waals surface area contributed by atoms with Crippen LogP contribution in [0.1, 0.15) is 27.9 Å². The largest absolute Gasteiger partial charge is 0.477 e. The van der Waals surface area contributed by atoms with Crippen molar-refractivity contribution in [1.82, 2.24) is 0 Å². The molecule has 0 unspecified atom stereocenters. The van der Waals surface area contributed by atoms with Gasteiger partial charge in [-0.25, -0.2) is 4.79 Å². The molecule has 0 spiro atoms. The molecule has 1 rings (SSSR count). The third-order valence-electron chi connectivity index (χ3n) is 1.75. The highest BCUT2D eigenvalue weighted by Gasteiger charge is 2.08. The first-order chi connectivity index (χ1) is 7.13. The number of hydrogen-bond donors (Lipinski definition) is 1. The van der Waals surface area contributed by atoms with Gasteiger partial charge in [-0.2, -0.15) is 0 Å². The van der Waals surface area contributed by atoms with E-state index in [1.807, 2.05) is 0 Å². The highest BCUT2D eigenvalue weighted by atomic mass is 32.1. The van der Waals surface area contributed by atoms with Crippen molar-refractivity contribution in [3.8, 4) is 0 Å². The standard InChI is InChI=1S/C10H12O4S/c1-2-14-9(11)6-4-7-3-5-8(15-7)10(12)13/h3,5H,2,4,6H2,1H3,(H,12,13). The van der Waals surface area contributed by atoms with Gasteiger partial charge in [-0.1, -0.05) is 0 Å². The predicted molar refractivity (Wildman–Crippen MR) is 56.2 cm³/mol. The number of ether oxygens (including phenoxy) is 1. The first-order valence-corrected chi connectivity index (χ1v) is 5.42. The molecule has 1 aromatic rings. The minimum absolute atomic E-state index is 0.247. The van der Waals surface area contributed by atoms with Crippen LogP contribution < -0.4 is 0 Å². The molecule has 1 aromatic heterocycles. The monoisotopic (exact) mass is 228 g/mol. The first kappa shape index (κ1) is 11.7. The number of carbonyl (C=O) groups excluding carboxylic acids is 1. The van der Waals surface area contributed by atoms with Crippen molar-refractivity contribution in [1.29, 1.82) is 0 Å². The number of aryl methyl sites for hydroxylation is 1. The lowest BCUT2D eigenvalue weighted by Gasteiger charge is -1.99. The fourth-order valence-corrected chi connectivity index (χ4v) is 1.93. The van der Waals surface area contributed by atoms with E-state index in [-0.39, 0.29) is 5.97 Å². The van der Waals surface area contributed by atoms with E-state index in [4.69, 9.17) is 9.84 Å². The summed E-state index contributed by atoms with van der Waals surface area (Å²) in [4.78, 5) is 22.8. The van der Waals surface area contributed by atoms with Crippen molar-refractivity contribution in [2.45, 2.75) is 19.8 Å². The van der Waals surface area contributed by atoms with Gasteiger partial charge in [0.15, 0.2) is 0 Å². The van der Waals surface area contributed by atoms with Gasteiger partial charge in [-0.05, 0) is 25.5 Å². The molecule has 0 aliphatic rings. The SMILES string of the molecule is CCOC(=O)CCc1ccc(C(=O)O)s1. The molecule has 0 fully saturated rings. The number of carboxylic acid groups (broad SMARTS) is 1. The van der Waals surface area contributed by atoms with Crippen LogP contribution in [0.2, 0.25) is 0 Å². The predicted octanol–water partition coefficient (Wildman–Crippen LogP) is 1.94. The zero-order valence-electron chi connectivity index (χ0n) is 8.36. The van der Waals surface area contributed by atoms with Crippen LogP contribution in [-0.4, -0.2) is 23.7 Å². The Bertz CT molecular complexity index is 356. The van der Waals surface area contributed by atoms with E-state index in [0.717, 1.165) is 4.88 Å². The number of aromatic carboxylic acids is 1. The molecule has 5 heteroatoms. The molecule has 82 valence electrons. The van der Waals surface area contributed by atoms with Gasteiger partial charge < -0.3 is 9.84 Å². The van der Waals surface area contributed by atoms with Gasteiger partial charge in [-0.3, -0.25) is 4.79 Å². The number of carboxylic acids is 1. The Hall–Kier alpha value is -1.36. The average molecular weight is 228 g/mol. The van der Waals surface area contributed by atoms with Crippen LogP contribution in [-0.2, 0) is 16.0 Å². The zero-order chi connectivity index (χ0) is 11.3. The van der Waals surface area contributed by atoms with Crippen LogP contribution in [0, 0.1) is 0 Å². The second-order valence-corrected chi connectivity index (χ2v) is 4.04. The van der Waals surface area contributed by atoms with Gasteiger partial charge >= 0.3 is 11.9 Å². The molecule has 1 N–H and O–H groups in total. The van der Waals surface area contributed by atoms with Crippen LogP contribution >= 0.6 is 11.3 Å². The van der Waals surface area contributed by atoms with Crippen molar-refractivity contribution >= 4 is 23.3 Å². The Morgan fingerprint density at radius 1 is 1.47 bits per heavy atom. The molecule has 1 heterocycles. The van der Waals surface area contributed by atoms with Crippen LogP contribution in [0.3, 0.4) is 0 Å². The lowest BCUT2D eigenvalue weighted by molar-refractivity contribution is -0.143. The van der Waals surface area contributed by atoms with Crippen molar-refractivity contribution in [3.63, 3.8) is 0 Å². The smallest absolute Gasteiger partial charge is 0.345 e. The fourth-order valence-electron chi connectivity index (χ4n) is 1.09. The number of rotatable bonds is 5. The summed E-state index contributed by atoms with van der Waals surface area (Å²) in [6.07, 6.45) is 0.837. The minimum atomic E-state index is -0.928. The first-order valence-electron chi connectivity index (χ1n) is 4.61. The number of esters is 1. The lowest BCUT2D eigenvalue weighted by Crippen LogP contribution is -2.04. The number of hydrogen-bond acceptors (Lipinski definition) is 4. The molecule has 0 bridgehead atoms. The quantitative estimate of drug-likeness (QED) is 0.782. The summed E-state index contributed by atoms with van der Waals surface area (Å²) in [5, 5.41) is 8.68. The van der Waals surface area contributed by atoms with Gasteiger partial charge in [0.25, 0.3) is 0 Å². The van der Waals surface area contributed by atoms with Crippen LogP contribution in [0.25, 0.3) is 0 Å². The minimum Gasteiger partial charge on any atom is -0.477 e. The Kier molecular flexibility index (Phi) is 4.30. The lowest BCUT2D eigenvalue weighted by atomic mass is 10.2. The van der Waals surface area contributed by atoms with E-state index in [0.29, 0.717) is 24.3 Å². The second-order valence-electron chi connectivity index (χ2n) is 2.88. The molecular formula is C10H12O4S. The van der Waals surface area contributed by atoms with E-state index in [9.17, 15) is 9.59 Å². The molecule has 0 amide bonds. The summed E-state index contributed by atoms with van der Waals surface area (Å²) >= 11 is 1.19. The van der Waals surface area contributed by atoms with Crippen LogP contribution in [0.15, 0.2) is 12.1 Å². The van der Waals surface area contributed by atoms with Crippen molar-refractivity contribution in [2.24, 2.45) is 0 Å². The highest BCUT2D eigenvalue weighted by molar-refractivity contribution is 7.13. The fraction of sp³-hybridized carbons (Fsp3) is 0.400. The van der Waals surface area contributed by atoms with Gasteiger partial charge in [0, 0.05) is 4.88 Å². The third kappa shape index (κ3) is 3.71. The maximum Gasteiger partial charge on any atom is 0.345 e. The summed E-state index contributed by atoms with van der Waals surface area (Å²) in [6, 6.07) is 3.28. The van der Waals surface area contributed by atoms with E-state index < -0.39 is 5.97 Å². The highest BCUT2D eigenvalue weighted by Crippen LogP contribution is 2.18. The number of carbonyl (C=O) groups is 2. The van der Waals surface area contributed by atoms with Gasteiger partial charge in [-0.15, -0.1) is 11.3 Å². The molecule has 0 radical (unpaired) electrons. The molecular weight excluding hydrogens is 216 g/mol. The molecule has 0 aromatic carbocycles. The summed E-state index contributed by atoms with van der Waals surface area (Å²) < 4.78 is 4.77. The van der Waals surface area contributed by atoms with Gasteiger partial charge in [0.1, 0.15) is 4.88 Å². The molecule has 0 saturated heterocycles. The number of thiophene rings is 1. The average Bonchev–Trinajstić information content (AvgIpc) is 2.63. The van der Waals surface area contributed by atoms with Crippen molar-refractivity contribution < 1.29 is 19.4 Å². The zero-order valence-corrected chi connectivity index (χ0v) is 9.17. The molecule has 15 heavy (non-hydrogen) atoms. The summed E-state index contributed by atoms with van der Waals surface area (Å²) in [6.45, 7) is 2.13. The van der Waals surface area contributed by atoms with E-state index in [1.54, 1.807) is 19.1 Å². The molecule has 4 nitrogen and oxygen atoms in total. The van der Waals surface area contributed by atoms with Crippen molar-refractivity contribution in [3.05, 3.63) is 21.9 Å². The normalized spacial score (nSPS) is 9.93. The summed E-state index contributed by atoms with van der Waals surface area (Å²) in [5.41, 5.74) is 0. The maximum atomic E-state index is 11.0. The Morgan fingerprint density at radius 3 is 2.73 bits per heavy atom. The maximum absolute atomic E-state index is 11.0. The Morgan fingerprint density at radius 2 is 2.20 bits per heavy atom. The molecule has 0 aliphatic carbocycles. The van der Waals surface area contributed by atoms with E-state index in [2.05, 4.69) is 0 Å². The van der Waals surface area contributed by atoms with Crippen LogP contribution in [0.5, 0.6) is 0 Å². The third-order valence-corrected chi connectivity index (χ3v) is 2.89. The topological polar surface area (TPSA) is 63.6 Å². The van der Waals surface area contributed by atoms with Crippen LogP contribution in [0.4, 0.5) is 0 Å². The summed E-state index contributed by atoms with van der Waals surface area (Å²) in [5.74, 6) is -1.18. The Balaban J connectivity index is 2.44. The van der Waals surface area contributed by atoms with Gasteiger partial charge in [0.05, 0.1) is 13.0 Å². The van der Waals surface area contributed by atoms with Crippen molar-refractivity contribution in [2.75, 3.05) is 6.61 Å². The Labute approximate surface area is 91.5 Å². The van der Waals surface area contributed by atoms with Gasteiger partial charge in [0.2, 0.25) is 0 Å². The molecule has 0 aliphatic heterocycles. The molecule has 0 atom stereocenters. The summed E-state index contributed by atoms with van der Waals surface area (Å²) in [7, 11) is 0. The second kappa shape index (κ2) is 5.50.